The molecule has 0 spiro atoms. The van der Waals surface area contributed by atoms with Crippen LogP contribution >= 0.6 is 34.4 Å². The van der Waals surface area contributed by atoms with Crippen LogP contribution in [0.25, 0.3) is 11.6 Å². The second kappa shape index (κ2) is 8.72. The molecule has 2 heterocycles. The number of carbonyl (C=O) groups is 1. The first-order chi connectivity index (χ1) is 12.5. The van der Waals surface area contributed by atoms with Crippen LogP contribution in [0.2, 0.25) is 0 Å². The van der Waals surface area contributed by atoms with E-state index in [1.54, 1.807) is 6.26 Å². The highest BCUT2D eigenvalue weighted by Crippen LogP contribution is 2.25. The summed E-state index contributed by atoms with van der Waals surface area (Å²) in [6.07, 6.45) is 1.62. The zero-order chi connectivity index (χ0) is 18.5. The zero-order valence-electron chi connectivity index (χ0n) is 14.5. The highest BCUT2D eigenvalue weighted by Gasteiger charge is 2.18. The van der Waals surface area contributed by atoms with Crippen LogP contribution in [-0.4, -0.2) is 26.4 Å². The molecule has 0 aliphatic heterocycles. The monoisotopic (exact) mass is 482 g/mol. The summed E-state index contributed by atoms with van der Waals surface area (Å²) in [5, 5.41) is 12.1. The lowest BCUT2D eigenvalue weighted by atomic mass is 10.2. The lowest BCUT2D eigenvalue weighted by Gasteiger charge is -2.11. The predicted molar refractivity (Wildman–Crippen MR) is 111 cm³/mol. The third-order valence-corrected chi connectivity index (χ3v) is 5.08. The first-order valence-corrected chi connectivity index (χ1v) is 10.2. The van der Waals surface area contributed by atoms with Gasteiger partial charge in [0.2, 0.25) is 5.91 Å². The van der Waals surface area contributed by atoms with Crippen molar-refractivity contribution in [3.05, 3.63) is 46.2 Å². The topological polar surface area (TPSA) is 73.0 Å². The summed E-state index contributed by atoms with van der Waals surface area (Å²) in [5.74, 6) is 1.97. The Balaban J connectivity index is 1.70. The van der Waals surface area contributed by atoms with Crippen LogP contribution in [0.5, 0.6) is 0 Å². The van der Waals surface area contributed by atoms with E-state index >= 15 is 0 Å². The second-order valence-electron chi connectivity index (χ2n) is 6.14. The highest BCUT2D eigenvalue weighted by atomic mass is 127. The minimum atomic E-state index is -0.0735. The van der Waals surface area contributed by atoms with E-state index in [0.717, 1.165) is 15.8 Å². The fraction of sp³-hybridized carbons (Fsp3) is 0.278. The molecule has 3 rings (SSSR count). The number of anilines is 1. The van der Waals surface area contributed by atoms with Crippen molar-refractivity contribution >= 4 is 45.9 Å². The van der Waals surface area contributed by atoms with Crippen LogP contribution in [0.4, 0.5) is 5.69 Å². The largest absolute Gasteiger partial charge is 0.461 e. The molecule has 0 fully saturated rings. The van der Waals surface area contributed by atoms with Crippen molar-refractivity contribution in [3.8, 4) is 11.6 Å². The van der Waals surface area contributed by atoms with E-state index in [4.69, 9.17) is 4.42 Å². The molecule has 0 aliphatic rings. The summed E-state index contributed by atoms with van der Waals surface area (Å²) in [6.45, 7) is 5.01. The van der Waals surface area contributed by atoms with Gasteiger partial charge < -0.3 is 9.73 Å². The maximum atomic E-state index is 12.3. The fourth-order valence-corrected chi connectivity index (χ4v) is 3.70. The molecule has 1 amide bonds. The zero-order valence-corrected chi connectivity index (χ0v) is 17.5. The van der Waals surface area contributed by atoms with Gasteiger partial charge in [-0.3, -0.25) is 9.36 Å². The third kappa shape index (κ3) is 4.88. The van der Waals surface area contributed by atoms with E-state index in [0.29, 0.717) is 22.7 Å². The van der Waals surface area contributed by atoms with E-state index in [1.165, 1.54) is 11.8 Å². The first-order valence-electron chi connectivity index (χ1n) is 8.18. The van der Waals surface area contributed by atoms with Crippen molar-refractivity contribution in [2.24, 2.45) is 5.92 Å². The molecular weight excluding hydrogens is 463 g/mol. The summed E-state index contributed by atoms with van der Waals surface area (Å²) < 4.78 is 8.54. The standard InChI is InChI=1S/C18H19IN4O2S/c1-12(2)10-23-17(15-7-4-8-25-15)21-22-18(23)26-11-16(24)20-14-6-3-5-13(19)9-14/h3-9,12H,10-11H2,1-2H3,(H,20,24). The van der Waals surface area contributed by atoms with Gasteiger partial charge in [-0.2, -0.15) is 0 Å². The van der Waals surface area contributed by atoms with Crippen LogP contribution in [0.15, 0.2) is 52.2 Å². The Morgan fingerprint density at radius 2 is 2.15 bits per heavy atom. The molecule has 1 aromatic carbocycles. The van der Waals surface area contributed by atoms with Crippen LogP contribution < -0.4 is 5.32 Å². The number of hydrogen-bond donors (Lipinski definition) is 1. The molecule has 8 heteroatoms. The molecule has 26 heavy (non-hydrogen) atoms. The summed E-state index contributed by atoms with van der Waals surface area (Å²) in [5.41, 5.74) is 0.794. The first kappa shape index (κ1) is 19.0. The number of nitrogens with one attached hydrogen (secondary N) is 1. The third-order valence-electron chi connectivity index (χ3n) is 3.45. The summed E-state index contributed by atoms with van der Waals surface area (Å²) >= 11 is 3.59. The number of carbonyl (C=O) groups excluding carboxylic acids is 1. The number of amides is 1. The number of furan rings is 1. The minimum absolute atomic E-state index is 0.0735. The minimum Gasteiger partial charge on any atom is -0.461 e. The molecule has 0 saturated heterocycles. The van der Waals surface area contributed by atoms with E-state index in [-0.39, 0.29) is 11.7 Å². The van der Waals surface area contributed by atoms with E-state index in [1.807, 2.05) is 41.0 Å². The summed E-state index contributed by atoms with van der Waals surface area (Å²) in [6, 6.07) is 11.4. The van der Waals surface area contributed by atoms with E-state index in [2.05, 4.69) is 52.0 Å². The molecule has 0 aliphatic carbocycles. The molecule has 0 atom stereocenters. The van der Waals surface area contributed by atoms with Crippen LogP contribution in [-0.2, 0) is 11.3 Å². The lowest BCUT2D eigenvalue weighted by Crippen LogP contribution is -2.15. The van der Waals surface area contributed by atoms with Gasteiger partial charge in [-0.25, -0.2) is 0 Å². The number of thioether (sulfide) groups is 1. The number of aromatic nitrogens is 3. The Morgan fingerprint density at radius 1 is 1.31 bits per heavy atom. The normalized spacial score (nSPS) is 11.1. The van der Waals surface area contributed by atoms with Crippen molar-refractivity contribution in [2.45, 2.75) is 25.5 Å². The smallest absolute Gasteiger partial charge is 0.234 e. The molecule has 0 radical (unpaired) electrons. The molecule has 0 saturated carbocycles. The van der Waals surface area contributed by atoms with Gasteiger partial charge in [-0.1, -0.05) is 31.7 Å². The van der Waals surface area contributed by atoms with E-state index in [9.17, 15) is 4.79 Å². The molecule has 0 unspecified atom stereocenters. The molecule has 0 bridgehead atoms. The molecule has 3 aromatic rings. The molecule has 136 valence electrons. The van der Waals surface area contributed by atoms with Gasteiger partial charge in [-0.15, -0.1) is 10.2 Å². The molecule has 1 N–H and O–H groups in total. The lowest BCUT2D eigenvalue weighted by molar-refractivity contribution is -0.113. The number of nitrogens with zero attached hydrogens (tertiary/aromatic N) is 3. The summed E-state index contributed by atoms with van der Waals surface area (Å²) in [7, 11) is 0. The van der Waals surface area contributed by atoms with Crippen LogP contribution in [0.3, 0.4) is 0 Å². The van der Waals surface area contributed by atoms with Crippen molar-refractivity contribution < 1.29 is 9.21 Å². The predicted octanol–water partition coefficient (Wildman–Crippen LogP) is 4.53. The average Bonchev–Trinajstić information content (AvgIpc) is 3.22. The maximum absolute atomic E-state index is 12.3. The SMILES string of the molecule is CC(C)Cn1c(SCC(=O)Nc2cccc(I)c2)nnc1-c1ccco1. The number of rotatable bonds is 7. The molecular formula is C18H19IN4O2S. The quantitative estimate of drug-likeness (QED) is 0.396. The Kier molecular flexibility index (Phi) is 6.36. The average molecular weight is 482 g/mol. The van der Waals surface area contributed by atoms with Crippen LogP contribution in [0, 0.1) is 9.49 Å². The van der Waals surface area contributed by atoms with Gasteiger partial charge in [0, 0.05) is 15.8 Å². The summed E-state index contributed by atoms with van der Waals surface area (Å²) in [4.78, 5) is 12.3. The van der Waals surface area contributed by atoms with Gasteiger partial charge >= 0.3 is 0 Å². The number of halogens is 1. The Labute approximate surface area is 169 Å². The van der Waals surface area contributed by atoms with Crippen molar-refractivity contribution in [1.29, 1.82) is 0 Å². The number of benzene rings is 1. The van der Waals surface area contributed by atoms with Gasteiger partial charge in [0.15, 0.2) is 16.7 Å². The van der Waals surface area contributed by atoms with E-state index < -0.39 is 0 Å². The molecule has 6 nitrogen and oxygen atoms in total. The van der Waals surface area contributed by atoms with Gasteiger partial charge in [0.25, 0.3) is 0 Å². The number of hydrogen-bond acceptors (Lipinski definition) is 5. The van der Waals surface area contributed by atoms with Gasteiger partial charge in [-0.05, 0) is 58.8 Å². The Hall–Kier alpha value is -1.81. The van der Waals surface area contributed by atoms with Crippen molar-refractivity contribution in [2.75, 3.05) is 11.1 Å². The fourth-order valence-electron chi connectivity index (χ4n) is 2.41. The highest BCUT2D eigenvalue weighted by molar-refractivity contribution is 14.1. The second-order valence-corrected chi connectivity index (χ2v) is 8.32. The Bertz CT molecular complexity index is 877. The van der Waals surface area contributed by atoms with Crippen LogP contribution in [0.1, 0.15) is 13.8 Å². The van der Waals surface area contributed by atoms with Gasteiger partial charge in [0.1, 0.15) is 0 Å². The van der Waals surface area contributed by atoms with Crippen molar-refractivity contribution in [3.63, 3.8) is 0 Å². The molecule has 2 aromatic heterocycles. The Morgan fingerprint density at radius 3 is 2.85 bits per heavy atom. The van der Waals surface area contributed by atoms with Crippen molar-refractivity contribution in [1.82, 2.24) is 14.8 Å². The maximum Gasteiger partial charge on any atom is 0.234 e. The van der Waals surface area contributed by atoms with Gasteiger partial charge in [0.05, 0.1) is 12.0 Å².